The van der Waals surface area contributed by atoms with Gasteiger partial charge in [0, 0.05) is 11.6 Å². The fraction of sp³-hybridized carbons (Fsp3) is 0.500. The van der Waals surface area contributed by atoms with Crippen molar-refractivity contribution in [3.63, 3.8) is 0 Å². The Morgan fingerprint density at radius 1 is 1.12 bits per heavy atom. The summed E-state index contributed by atoms with van der Waals surface area (Å²) in [7, 11) is -3.63. The van der Waals surface area contributed by atoms with Gasteiger partial charge in [-0.3, -0.25) is 4.79 Å². The molecule has 3 N–H and O–H groups in total. The van der Waals surface area contributed by atoms with Crippen molar-refractivity contribution in [2.45, 2.75) is 51.1 Å². The molecular weight excluding hydrogens is 332 g/mol. The Morgan fingerprint density at radius 2 is 1.67 bits per heavy atom. The molecule has 134 valence electrons. The molecule has 0 bridgehead atoms. The van der Waals surface area contributed by atoms with E-state index in [2.05, 4.69) is 10.0 Å². The quantitative estimate of drug-likeness (QED) is 0.655. The summed E-state index contributed by atoms with van der Waals surface area (Å²) in [5.74, 6) is -1.87. The number of benzene rings is 1. The molecule has 0 radical (unpaired) electrons. The van der Waals surface area contributed by atoms with Crippen molar-refractivity contribution in [3.8, 4) is 0 Å². The standard InChI is InChI=1S/C16H24N2O5S/c1-5-11(4)14(16(20)21)17-15(19)12-6-8-13(9-7-12)24(22,23)18-10(2)3/h6-11,14,18H,5H2,1-4H3,(H,17,19)(H,20,21)/t11-,14-/m0/s1. The first-order valence-corrected chi connectivity index (χ1v) is 9.22. The van der Waals surface area contributed by atoms with Crippen LogP contribution in [-0.2, 0) is 14.8 Å². The fourth-order valence-electron chi connectivity index (χ4n) is 2.07. The molecule has 1 rings (SSSR count). The predicted molar refractivity (Wildman–Crippen MR) is 90.2 cm³/mol. The lowest BCUT2D eigenvalue weighted by atomic mass is 9.99. The summed E-state index contributed by atoms with van der Waals surface area (Å²) in [5.41, 5.74) is 0.202. The molecule has 0 spiro atoms. The minimum Gasteiger partial charge on any atom is -0.480 e. The number of carbonyl (C=O) groups excluding carboxylic acids is 1. The van der Waals surface area contributed by atoms with Crippen LogP contribution in [0.2, 0.25) is 0 Å². The molecule has 0 heterocycles. The number of carboxylic acid groups (broad SMARTS) is 1. The van der Waals surface area contributed by atoms with Gasteiger partial charge in [-0.2, -0.15) is 0 Å². The summed E-state index contributed by atoms with van der Waals surface area (Å²) in [4.78, 5) is 23.5. The highest BCUT2D eigenvalue weighted by atomic mass is 32.2. The highest BCUT2D eigenvalue weighted by molar-refractivity contribution is 7.89. The molecule has 1 amide bonds. The largest absolute Gasteiger partial charge is 0.480 e. The topological polar surface area (TPSA) is 113 Å². The van der Waals surface area contributed by atoms with Gasteiger partial charge in [-0.1, -0.05) is 20.3 Å². The van der Waals surface area contributed by atoms with Crippen LogP contribution in [0.3, 0.4) is 0 Å². The lowest BCUT2D eigenvalue weighted by Gasteiger charge is -2.20. The van der Waals surface area contributed by atoms with E-state index < -0.39 is 27.9 Å². The molecule has 0 aliphatic carbocycles. The Balaban J connectivity index is 2.92. The first-order valence-electron chi connectivity index (χ1n) is 7.74. The van der Waals surface area contributed by atoms with Gasteiger partial charge < -0.3 is 10.4 Å². The first kappa shape index (κ1) is 20.1. The van der Waals surface area contributed by atoms with E-state index in [1.165, 1.54) is 24.3 Å². The van der Waals surface area contributed by atoms with Gasteiger partial charge in [0.25, 0.3) is 5.91 Å². The van der Waals surface area contributed by atoms with Gasteiger partial charge in [-0.15, -0.1) is 0 Å². The second-order valence-corrected chi connectivity index (χ2v) is 7.69. The molecule has 24 heavy (non-hydrogen) atoms. The van der Waals surface area contributed by atoms with Crippen molar-refractivity contribution >= 4 is 21.9 Å². The Morgan fingerprint density at radius 3 is 2.08 bits per heavy atom. The van der Waals surface area contributed by atoms with Crippen molar-refractivity contribution in [1.82, 2.24) is 10.0 Å². The van der Waals surface area contributed by atoms with E-state index in [0.29, 0.717) is 6.42 Å². The zero-order valence-electron chi connectivity index (χ0n) is 14.2. The molecule has 0 unspecified atom stereocenters. The van der Waals surface area contributed by atoms with Gasteiger partial charge in [0.2, 0.25) is 10.0 Å². The maximum atomic E-state index is 12.2. The summed E-state index contributed by atoms with van der Waals surface area (Å²) in [6, 6.07) is 4.12. The van der Waals surface area contributed by atoms with Gasteiger partial charge in [0.05, 0.1) is 4.90 Å². The van der Waals surface area contributed by atoms with E-state index in [4.69, 9.17) is 0 Å². The monoisotopic (exact) mass is 356 g/mol. The summed E-state index contributed by atoms with van der Waals surface area (Å²) < 4.78 is 26.5. The number of nitrogens with one attached hydrogen (secondary N) is 2. The van der Waals surface area contributed by atoms with Crippen LogP contribution in [0.5, 0.6) is 0 Å². The van der Waals surface area contributed by atoms with Crippen LogP contribution in [0.25, 0.3) is 0 Å². The Bertz CT molecular complexity index is 683. The van der Waals surface area contributed by atoms with Crippen LogP contribution in [0.4, 0.5) is 0 Å². The molecule has 0 saturated heterocycles. The third-order valence-electron chi connectivity index (χ3n) is 3.58. The maximum absolute atomic E-state index is 12.2. The van der Waals surface area contributed by atoms with Crippen molar-refractivity contribution < 1.29 is 23.1 Å². The van der Waals surface area contributed by atoms with E-state index in [1.807, 2.05) is 6.92 Å². The molecule has 0 aliphatic rings. The summed E-state index contributed by atoms with van der Waals surface area (Å²) in [6.07, 6.45) is 0.606. The molecule has 1 aromatic carbocycles. The van der Waals surface area contributed by atoms with Gasteiger partial charge in [0.1, 0.15) is 6.04 Å². The molecule has 2 atom stereocenters. The van der Waals surface area contributed by atoms with Crippen molar-refractivity contribution in [1.29, 1.82) is 0 Å². The normalized spacial score (nSPS) is 14.2. The van der Waals surface area contributed by atoms with Gasteiger partial charge in [-0.25, -0.2) is 17.9 Å². The predicted octanol–water partition coefficient (Wildman–Crippen LogP) is 1.60. The minimum absolute atomic E-state index is 0.0458. The molecule has 8 heteroatoms. The van der Waals surface area contributed by atoms with Crippen molar-refractivity contribution in [3.05, 3.63) is 29.8 Å². The number of amides is 1. The SMILES string of the molecule is CC[C@H](C)[C@H](NC(=O)c1ccc(S(=O)(=O)NC(C)C)cc1)C(=O)O. The van der Waals surface area contributed by atoms with Gasteiger partial charge in [-0.05, 0) is 44.0 Å². The number of carbonyl (C=O) groups is 2. The van der Waals surface area contributed by atoms with Crippen LogP contribution >= 0.6 is 0 Å². The summed E-state index contributed by atoms with van der Waals surface area (Å²) >= 11 is 0. The second-order valence-electron chi connectivity index (χ2n) is 5.98. The summed E-state index contributed by atoms with van der Waals surface area (Å²) in [6.45, 7) is 7.00. The number of hydrogen-bond donors (Lipinski definition) is 3. The zero-order chi connectivity index (χ0) is 18.5. The average Bonchev–Trinajstić information content (AvgIpc) is 2.50. The average molecular weight is 356 g/mol. The highest BCUT2D eigenvalue weighted by Crippen LogP contribution is 2.13. The van der Waals surface area contributed by atoms with Crippen molar-refractivity contribution in [2.75, 3.05) is 0 Å². The molecule has 7 nitrogen and oxygen atoms in total. The third-order valence-corrected chi connectivity index (χ3v) is 5.26. The smallest absolute Gasteiger partial charge is 0.326 e. The number of hydrogen-bond acceptors (Lipinski definition) is 4. The molecular formula is C16H24N2O5S. The Kier molecular flexibility index (Phi) is 6.92. The Labute approximate surface area is 142 Å². The minimum atomic E-state index is -3.63. The van der Waals surface area contributed by atoms with Crippen LogP contribution in [0.15, 0.2) is 29.2 Å². The lowest BCUT2D eigenvalue weighted by Crippen LogP contribution is -2.45. The Hall–Kier alpha value is -1.93. The number of aliphatic carboxylic acids is 1. The van der Waals surface area contributed by atoms with Crippen LogP contribution < -0.4 is 10.0 Å². The van der Waals surface area contributed by atoms with Crippen molar-refractivity contribution in [2.24, 2.45) is 5.92 Å². The second kappa shape index (κ2) is 8.25. The lowest BCUT2D eigenvalue weighted by molar-refractivity contribution is -0.140. The number of carboxylic acids is 1. The third kappa shape index (κ3) is 5.31. The number of rotatable bonds is 8. The molecule has 0 aromatic heterocycles. The molecule has 0 aliphatic heterocycles. The highest BCUT2D eigenvalue weighted by Gasteiger charge is 2.26. The molecule has 1 aromatic rings. The van der Waals surface area contributed by atoms with E-state index in [9.17, 15) is 23.1 Å². The number of sulfonamides is 1. The molecule has 0 fully saturated rings. The van der Waals surface area contributed by atoms with E-state index in [1.54, 1.807) is 20.8 Å². The van der Waals surface area contributed by atoms with Crippen LogP contribution in [0, 0.1) is 5.92 Å². The van der Waals surface area contributed by atoms with Gasteiger partial charge >= 0.3 is 5.97 Å². The van der Waals surface area contributed by atoms with Gasteiger partial charge in [0.15, 0.2) is 0 Å². The van der Waals surface area contributed by atoms with E-state index in [-0.39, 0.29) is 22.4 Å². The van der Waals surface area contributed by atoms with E-state index >= 15 is 0 Å². The molecule has 0 saturated carbocycles. The fourth-order valence-corrected chi connectivity index (χ4v) is 3.32. The van der Waals surface area contributed by atoms with Crippen LogP contribution in [-0.4, -0.2) is 37.5 Å². The van der Waals surface area contributed by atoms with E-state index in [0.717, 1.165) is 0 Å². The zero-order valence-corrected chi connectivity index (χ0v) is 15.1. The van der Waals surface area contributed by atoms with Crippen LogP contribution in [0.1, 0.15) is 44.5 Å². The first-order chi connectivity index (χ1) is 11.1. The maximum Gasteiger partial charge on any atom is 0.326 e. The summed E-state index contributed by atoms with van der Waals surface area (Å²) in [5, 5.41) is 11.7.